The first kappa shape index (κ1) is 24.8. The summed E-state index contributed by atoms with van der Waals surface area (Å²) >= 11 is 0. The Labute approximate surface area is 174 Å². The minimum Gasteiger partial charge on any atom is -0.504 e. The molecule has 0 radical (unpaired) electrons. The predicted molar refractivity (Wildman–Crippen MR) is 112 cm³/mol. The summed E-state index contributed by atoms with van der Waals surface area (Å²) in [6.07, 6.45) is 7.58. The fraction of sp³-hybridized carbons (Fsp3) is 0.652. The lowest BCUT2D eigenvalue weighted by atomic mass is 9.99. The third-order valence-corrected chi connectivity index (χ3v) is 4.82. The minimum atomic E-state index is -0.345. The van der Waals surface area contributed by atoms with Crippen molar-refractivity contribution in [2.24, 2.45) is 0 Å². The summed E-state index contributed by atoms with van der Waals surface area (Å²) < 4.78 is 16.1. The maximum absolute atomic E-state index is 11.6. The highest BCUT2D eigenvalue weighted by Crippen LogP contribution is 2.27. The van der Waals surface area contributed by atoms with Gasteiger partial charge in [0.15, 0.2) is 11.5 Å². The van der Waals surface area contributed by atoms with Gasteiger partial charge >= 0.3 is 11.9 Å². The van der Waals surface area contributed by atoms with Crippen molar-refractivity contribution >= 4 is 11.9 Å². The van der Waals surface area contributed by atoms with Crippen molar-refractivity contribution < 1.29 is 28.9 Å². The van der Waals surface area contributed by atoms with Gasteiger partial charge in [0.1, 0.15) is 12.2 Å². The van der Waals surface area contributed by atoms with Gasteiger partial charge in [0.25, 0.3) is 0 Å². The zero-order chi connectivity index (χ0) is 21.6. The summed E-state index contributed by atoms with van der Waals surface area (Å²) in [6.45, 7) is 4.98. The molecular weight excluding hydrogens is 372 g/mol. The van der Waals surface area contributed by atoms with E-state index in [0.29, 0.717) is 25.0 Å². The molecular formula is C23H36O6. The largest absolute Gasteiger partial charge is 0.504 e. The highest BCUT2D eigenvalue weighted by molar-refractivity contribution is 5.66. The van der Waals surface area contributed by atoms with E-state index in [1.165, 1.54) is 40.2 Å². The fourth-order valence-corrected chi connectivity index (χ4v) is 3.39. The predicted octanol–water partition coefficient (Wildman–Crippen LogP) is 4.95. The Morgan fingerprint density at radius 3 is 2.17 bits per heavy atom. The number of rotatable bonds is 14. The molecule has 0 aromatic heterocycles. The van der Waals surface area contributed by atoms with Gasteiger partial charge in [0, 0.05) is 20.3 Å². The second kappa shape index (κ2) is 13.9. The molecule has 0 unspecified atom stereocenters. The molecule has 1 rings (SSSR count). The van der Waals surface area contributed by atoms with Gasteiger partial charge < -0.3 is 19.3 Å². The van der Waals surface area contributed by atoms with Gasteiger partial charge in [-0.25, -0.2) is 0 Å². The summed E-state index contributed by atoms with van der Waals surface area (Å²) in [5, 5.41) is 9.73. The first-order valence-electron chi connectivity index (χ1n) is 10.6. The van der Waals surface area contributed by atoms with E-state index < -0.39 is 0 Å². The molecule has 0 aliphatic carbocycles. The van der Waals surface area contributed by atoms with Crippen LogP contribution >= 0.6 is 0 Å². The lowest BCUT2D eigenvalue weighted by molar-refractivity contribution is -0.153. The molecule has 2 atom stereocenters. The number of hydrogen-bond donors (Lipinski definition) is 1. The summed E-state index contributed by atoms with van der Waals surface area (Å²) in [4.78, 5) is 23.1. The number of aromatic hydroxyl groups is 1. The van der Waals surface area contributed by atoms with Crippen molar-refractivity contribution in [3.63, 3.8) is 0 Å². The first-order chi connectivity index (χ1) is 13.8. The lowest BCUT2D eigenvalue weighted by Crippen LogP contribution is -2.27. The Balaban J connectivity index is 2.69. The number of phenols is 1. The lowest BCUT2D eigenvalue weighted by Gasteiger charge is -2.23. The zero-order valence-corrected chi connectivity index (χ0v) is 18.2. The van der Waals surface area contributed by atoms with E-state index in [2.05, 4.69) is 6.92 Å². The van der Waals surface area contributed by atoms with E-state index in [9.17, 15) is 14.7 Å². The number of ether oxygens (including phenoxy) is 3. The third kappa shape index (κ3) is 10.8. The van der Waals surface area contributed by atoms with Crippen LogP contribution in [0.15, 0.2) is 18.2 Å². The molecule has 0 heterocycles. The normalized spacial score (nSPS) is 12.8. The Morgan fingerprint density at radius 1 is 0.966 bits per heavy atom. The van der Waals surface area contributed by atoms with Gasteiger partial charge in [-0.1, -0.05) is 38.7 Å². The average molecular weight is 409 g/mol. The number of hydrogen-bond acceptors (Lipinski definition) is 6. The number of phenolic OH excluding ortho intramolecular Hbond substituents is 1. The quantitative estimate of drug-likeness (QED) is 0.346. The highest BCUT2D eigenvalue weighted by Gasteiger charge is 2.21. The molecule has 1 N–H and O–H groups in total. The van der Waals surface area contributed by atoms with Crippen LogP contribution in [0.2, 0.25) is 0 Å². The molecule has 6 heteroatoms. The topological polar surface area (TPSA) is 82.1 Å². The average Bonchev–Trinajstić information content (AvgIpc) is 2.66. The van der Waals surface area contributed by atoms with E-state index in [0.717, 1.165) is 24.8 Å². The smallest absolute Gasteiger partial charge is 0.302 e. The molecule has 0 aliphatic heterocycles. The summed E-state index contributed by atoms with van der Waals surface area (Å²) in [5.74, 6) is -0.154. The molecule has 0 fully saturated rings. The van der Waals surface area contributed by atoms with Crippen LogP contribution in [0, 0.1) is 0 Å². The first-order valence-corrected chi connectivity index (χ1v) is 10.6. The van der Waals surface area contributed by atoms with Crippen LogP contribution in [0.3, 0.4) is 0 Å². The van der Waals surface area contributed by atoms with E-state index in [1.54, 1.807) is 12.1 Å². The van der Waals surface area contributed by atoms with Gasteiger partial charge in [0.2, 0.25) is 0 Å². The van der Waals surface area contributed by atoms with Crippen molar-refractivity contribution in [2.45, 2.75) is 90.8 Å². The van der Waals surface area contributed by atoms with Gasteiger partial charge in [-0.15, -0.1) is 0 Å². The maximum Gasteiger partial charge on any atom is 0.302 e. The number of esters is 2. The Kier molecular flexibility index (Phi) is 11.8. The van der Waals surface area contributed by atoms with Gasteiger partial charge in [-0.2, -0.15) is 0 Å². The molecule has 164 valence electrons. The van der Waals surface area contributed by atoms with Crippen molar-refractivity contribution in [1.82, 2.24) is 0 Å². The molecule has 0 amide bonds. The fourth-order valence-electron chi connectivity index (χ4n) is 3.39. The Hall–Kier alpha value is -2.24. The number of benzene rings is 1. The van der Waals surface area contributed by atoms with Crippen LogP contribution in [0.5, 0.6) is 11.5 Å². The third-order valence-electron chi connectivity index (χ3n) is 4.82. The Bertz CT molecular complexity index is 628. The van der Waals surface area contributed by atoms with Crippen LogP contribution < -0.4 is 4.74 Å². The molecule has 29 heavy (non-hydrogen) atoms. The van der Waals surface area contributed by atoms with Crippen molar-refractivity contribution in [2.75, 3.05) is 7.11 Å². The second-order valence-electron chi connectivity index (χ2n) is 7.45. The molecule has 1 aromatic carbocycles. The van der Waals surface area contributed by atoms with E-state index >= 15 is 0 Å². The van der Waals surface area contributed by atoms with E-state index in [1.807, 2.05) is 6.07 Å². The highest BCUT2D eigenvalue weighted by atomic mass is 16.6. The second-order valence-corrected chi connectivity index (χ2v) is 7.45. The summed E-state index contributed by atoms with van der Waals surface area (Å²) in [7, 11) is 1.50. The molecule has 0 spiro atoms. The zero-order valence-electron chi connectivity index (χ0n) is 18.2. The molecule has 6 nitrogen and oxygen atoms in total. The van der Waals surface area contributed by atoms with Crippen LogP contribution in [0.4, 0.5) is 0 Å². The van der Waals surface area contributed by atoms with Gasteiger partial charge in [0.05, 0.1) is 7.11 Å². The molecule has 0 aliphatic rings. The van der Waals surface area contributed by atoms with Gasteiger partial charge in [-0.3, -0.25) is 9.59 Å². The maximum atomic E-state index is 11.6. The number of aryl methyl sites for hydroxylation is 1. The van der Waals surface area contributed by atoms with Crippen molar-refractivity contribution in [1.29, 1.82) is 0 Å². The Morgan fingerprint density at radius 2 is 1.59 bits per heavy atom. The number of methoxy groups -OCH3 is 1. The van der Waals surface area contributed by atoms with Crippen molar-refractivity contribution in [3.8, 4) is 11.5 Å². The molecule has 1 aromatic rings. The molecule has 0 saturated heterocycles. The SMILES string of the molecule is CCCCCCC[C@@H](C[C@@H](CCc1ccc(O)c(OC)c1)OC(C)=O)OC(C)=O. The standard InChI is InChI=1S/C23H36O6/c1-5-6-7-8-9-10-20(28-17(2)24)16-21(29-18(3)25)13-11-19-12-14-22(26)23(15-19)27-4/h12,14-15,20-21,26H,5-11,13,16H2,1-4H3/t20-,21+/m0/s1. The van der Waals surface area contributed by atoms with Crippen LogP contribution in [0.25, 0.3) is 0 Å². The number of unbranched alkanes of at least 4 members (excludes halogenated alkanes) is 4. The van der Waals surface area contributed by atoms with E-state index in [4.69, 9.17) is 14.2 Å². The van der Waals surface area contributed by atoms with Gasteiger partial charge in [-0.05, 0) is 43.4 Å². The minimum absolute atomic E-state index is 0.0887. The monoisotopic (exact) mass is 408 g/mol. The number of carbonyl (C=O) groups excluding carboxylic acids is 2. The molecule has 0 bridgehead atoms. The van der Waals surface area contributed by atoms with Crippen LogP contribution in [-0.4, -0.2) is 36.4 Å². The number of carbonyl (C=O) groups is 2. The van der Waals surface area contributed by atoms with Crippen molar-refractivity contribution in [3.05, 3.63) is 23.8 Å². The summed E-state index contributed by atoms with van der Waals surface area (Å²) in [6, 6.07) is 5.18. The summed E-state index contributed by atoms with van der Waals surface area (Å²) in [5.41, 5.74) is 0.973. The van der Waals surface area contributed by atoms with E-state index in [-0.39, 0.29) is 29.9 Å². The molecule has 0 saturated carbocycles. The van der Waals surface area contributed by atoms with Crippen LogP contribution in [0.1, 0.15) is 77.7 Å². The van der Waals surface area contributed by atoms with Crippen LogP contribution in [-0.2, 0) is 25.5 Å².